The van der Waals surface area contributed by atoms with Crippen molar-refractivity contribution in [3.05, 3.63) is 23.3 Å². The molecule has 1 aromatic rings. The van der Waals surface area contributed by atoms with Crippen molar-refractivity contribution in [2.24, 2.45) is 5.92 Å². The zero-order chi connectivity index (χ0) is 22.2. The minimum atomic E-state index is -0.227. The topological polar surface area (TPSA) is 54.4 Å². The molecule has 6 heteroatoms. The quantitative estimate of drug-likeness (QED) is 0.713. The van der Waals surface area contributed by atoms with Crippen LogP contribution in [0.15, 0.2) is 12.1 Å². The molecule has 1 N–H and O–H groups in total. The van der Waals surface area contributed by atoms with Crippen LogP contribution < -0.4 is 4.74 Å². The summed E-state index contributed by atoms with van der Waals surface area (Å²) < 4.78 is 19.7. The standard InChI is InChI=1S/C27H38N2O4/c1-2-13-32-27-8-7-20(28-11-14-31-15-12-28)25-26(27)9-10-29(17-18-3-4-18)22(27)16-19-5-6-21(30)24(33-25)23(19)26/h5-6,18,20,22,25,30H,2-4,7-17H2,1H3/t20?,22-,25+,26?,27-/m1/s1. The highest BCUT2D eigenvalue weighted by Gasteiger charge is 2.74. The molecule has 3 aliphatic heterocycles. The Morgan fingerprint density at radius 2 is 1.97 bits per heavy atom. The van der Waals surface area contributed by atoms with Gasteiger partial charge >= 0.3 is 0 Å². The van der Waals surface area contributed by atoms with Gasteiger partial charge in [0.1, 0.15) is 6.10 Å². The molecule has 5 atom stereocenters. The number of aromatic hydroxyl groups is 1. The Morgan fingerprint density at radius 3 is 2.76 bits per heavy atom. The van der Waals surface area contributed by atoms with Gasteiger partial charge in [-0.25, -0.2) is 0 Å². The lowest BCUT2D eigenvalue weighted by Crippen LogP contribution is -2.79. The summed E-state index contributed by atoms with van der Waals surface area (Å²) in [7, 11) is 0. The van der Waals surface area contributed by atoms with Crippen molar-refractivity contribution < 1.29 is 19.3 Å². The van der Waals surface area contributed by atoms with E-state index in [1.807, 2.05) is 6.07 Å². The summed E-state index contributed by atoms with van der Waals surface area (Å²) in [5.74, 6) is 1.94. The fraction of sp³-hybridized carbons (Fsp3) is 0.778. The van der Waals surface area contributed by atoms with E-state index in [1.165, 1.54) is 30.5 Å². The summed E-state index contributed by atoms with van der Waals surface area (Å²) in [6, 6.07) is 4.79. The molecule has 33 heavy (non-hydrogen) atoms. The van der Waals surface area contributed by atoms with Crippen molar-refractivity contribution in [2.45, 2.75) is 81.1 Å². The Kier molecular flexibility index (Phi) is 4.82. The highest BCUT2D eigenvalue weighted by Crippen LogP contribution is 2.67. The summed E-state index contributed by atoms with van der Waals surface area (Å²) in [6.07, 6.45) is 8.09. The lowest BCUT2D eigenvalue weighted by atomic mass is 9.48. The van der Waals surface area contributed by atoms with Crippen molar-refractivity contribution in [1.29, 1.82) is 0 Å². The third-order valence-corrected chi connectivity index (χ3v) is 9.77. The summed E-state index contributed by atoms with van der Waals surface area (Å²) in [5, 5.41) is 10.9. The molecule has 6 aliphatic rings. The molecule has 1 aromatic carbocycles. The maximum Gasteiger partial charge on any atom is 0.165 e. The van der Waals surface area contributed by atoms with Crippen LogP contribution in [0.1, 0.15) is 56.6 Å². The first-order valence-corrected chi connectivity index (χ1v) is 13.4. The zero-order valence-corrected chi connectivity index (χ0v) is 19.9. The number of piperidine rings is 1. The number of nitrogens with zero attached hydrogens (tertiary/aromatic N) is 2. The summed E-state index contributed by atoms with van der Waals surface area (Å²) in [6.45, 7) is 8.89. The van der Waals surface area contributed by atoms with Crippen molar-refractivity contribution in [1.82, 2.24) is 9.80 Å². The molecule has 180 valence electrons. The van der Waals surface area contributed by atoms with Gasteiger partial charge in [-0.2, -0.15) is 0 Å². The Morgan fingerprint density at radius 1 is 1.12 bits per heavy atom. The van der Waals surface area contributed by atoms with Crippen LogP contribution in [0.25, 0.3) is 0 Å². The van der Waals surface area contributed by atoms with Crippen LogP contribution in [0.2, 0.25) is 0 Å². The van der Waals surface area contributed by atoms with E-state index >= 15 is 0 Å². The first-order chi connectivity index (χ1) is 16.2. The molecule has 6 nitrogen and oxygen atoms in total. The van der Waals surface area contributed by atoms with Crippen molar-refractivity contribution in [2.75, 3.05) is 46.0 Å². The third-order valence-electron chi connectivity index (χ3n) is 9.77. The van der Waals surface area contributed by atoms with Crippen LogP contribution in [-0.4, -0.2) is 84.7 Å². The van der Waals surface area contributed by atoms with Crippen LogP contribution in [-0.2, 0) is 21.3 Å². The molecule has 0 amide bonds. The number of likely N-dealkylation sites (tertiary alicyclic amines) is 1. The number of benzene rings is 1. The molecule has 2 saturated carbocycles. The highest BCUT2D eigenvalue weighted by molar-refractivity contribution is 5.62. The van der Waals surface area contributed by atoms with Crippen molar-refractivity contribution in [3.63, 3.8) is 0 Å². The van der Waals surface area contributed by atoms with Gasteiger partial charge < -0.3 is 19.3 Å². The second-order valence-corrected chi connectivity index (χ2v) is 11.4. The van der Waals surface area contributed by atoms with Gasteiger partial charge in [-0.05, 0) is 69.0 Å². The van der Waals surface area contributed by atoms with E-state index in [0.29, 0.717) is 17.8 Å². The number of hydrogen-bond donors (Lipinski definition) is 1. The first-order valence-electron chi connectivity index (χ1n) is 13.4. The largest absolute Gasteiger partial charge is 0.504 e. The second-order valence-electron chi connectivity index (χ2n) is 11.4. The van der Waals surface area contributed by atoms with Gasteiger partial charge in [0.2, 0.25) is 0 Å². The van der Waals surface area contributed by atoms with Gasteiger partial charge in [0, 0.05) is 43.9 Å². The van der Waals surface area contributed by atoms with Crippen LogP contribution in [0, 0.1) is 5.92 Å². The van der Waals surface area contributed by atoms with E-state index in [0.717, 1.165) is 83.2 Å². The molecule has 3 heterocycles. The fourth-order valence-electron chi connectivity index (χ4n) is 8.29. The molecular formula is C27H38N2O4. The molecule has 1 spiro atoms. The van der Waals surface area contributed by atoms with Crippen molar-refractivity contribution in [3.8, 4) is 11.5 Å². The number of hydrogen-bond acceptors (Lipinski definition) is 6. The van der Waals surface area contributed by atoms with Gasteiger partial charge in [-0.1, -0.05) is 13.0 Å². The number of rotatable bonds is 6. The Balaban J connectivity index is 1.38. The zero-order valence-electron chi connectivity index (χ0n) is 19.9. The van der Waals surface area contributed by atoms with Crippen LogP contribution in [0.4, 0.5) is 0 Å². The lowest BCUT2D eigenvalue weighted by Gasteiger charge is -2.66. The molecular weight excluding hydrogens is 416 g/mol. The third kappa shape index (κ3) is 2.81. The summed E-state index contributed by atoms with van der Waals surface area (Å²) in [4.78, 5) is 5.40. The predicted octanol–water partition coefficient (Wildman–Crippen LogP) is 3.09. The maximum absolute atomic E-state index is 10.9. The minimum Gasteiger partial charge on any atom is -0.504 e. The highest BCUT2D eigenvalue weighted by atomic mass is 16.5. The van der Waals surface area contributed by atoms with Gasteiger partial charge in [0.15, 0.2) is 11.5 Å². The van der Waals surface area contributed by atoms with E-state index in [-0.39, 0.29) is 17.1 Å². The van der Waals surface area contributed by atoms with Gasteiger partial charge in [0.25, 0.3) is 0 Å². The normalized spacial score (nSPS) is 39.8. The number of phenols is 1. The van der Waals surface area contributed by atoms with Gasteiger partial charge in [0.05, 0.1) is 24.2 Å². The molecule has 4 fully saturated rings. The SMILES string of the molecule is CCCO[C@@]12CCC(N3CCOCC3)[C@@H]3Oc4c(O)ccc5c4C31CCN(CC1CC1)[C@@H]2C5. The summed E-state index contributed by atoms with van der Waals surface area (Å²) >= 11 is 0. The molecule has 7 rings (SSSR count). The van der Waals surface area contributed by atoms with Crippen LogP contribution in [0.5, 0.6) is 11.5 Å². The molecule has 0 aromatic heterocycles. The van der Waals surface area contributed by atoms with Gasteiger partial charge in [-0.3, -0.25) is 9.80 Å². The number of ether oxygens (including phenoxy) is 3. The molecule has 0 radical (unpaired) electrons. The maximum atomic E-state index is 10.9. The van der Waals surface area contributed by atoms with E-state index < -0.39 is 0 Å². The Labute approximate surface area is 197 Å². The van der Waals surface area contributed by atoms with Crippen molar-refractivity contribution >= 4 is 0 Å². The smallest absolute Gasteiger partial charge is 0.165 e. The monoisotopic (exact) mass is 454 g/mol. The average molecular weight is 455 g/mol. The van der Waals surface area contributed by atoms with E-state index in [2.05, 4.69) is 22.8 Å². The molecule has 2 saturated heterocycles. The minimum absolute atomic E-state index is 0.0362. The summed E-state index contributed by atoms with van der Waals surface area (Å²) in [5.41, 5.74) is 2.28. The molecule has 3 aliphatic carbocycles. The predicted molar refractivity (Wildman–Crippen MR) is 125 cm³/mol. The van der Waals surface area contributed by atoms with E-state index in [9.17, 15) is 5.11 Å². The Hall–Kier alpha value is -1.34. The lowest BCUT2D eigenvalue weighted by molar-refractivity contribution is -0.229. The number of morpholine rings is 1. The van der Waals surface area contributed by atoms with Gasteiger partial charge in [-0.15, -0.1) is 0 Å². The number of phenolic OH excluding ortho intramolecular Hbond substituents is 1. The molecule has 2 unspecified atom stereocenters. The average Bonchev–Trinajstić information content (AvgIpc) is 3.59. The van der Waals surface area contributed by atoms with Crippen LogP contribution >= 0.6 is 0 Å². The Bertz CT molecular complexity index is 929. The molecule has 2 bridgehead atoms. The fourth-order valence-corrected chi connectivity index (χ4v) is 8.29. The van der Waals surface area contributed by atoms with E-state index in [1.54, 1.807) is 0 Å². The first kappa shape index (κ1) is 21.0. The second kappa shape index (κ2) is 7.58. The van der Waals surface area contributed by atoms with Crippen LogP contribution in [0.3, 0.4) is 0 Å². The van der Waals surface area contributed by atoms with E-state index in [4.69, 9.17) is 14.2 Å².